The molecular formula is C26H28Cl2N2O3S. The van der Waals surface area contributed by atoms with E-state index in [4.69, 9.17) is 23.2 Å². The Morgan fingerprint density at radius 1 is 0.824 bits per heavy atom. The van der Waals surface area contributed by atoms with Crippen molar-refractivity contribution in [3.05, 3.63) is 92.0 Å². The summed E-state index contributed by atoms with van der Waals surface area (Å²) in [6.45, 7) is 8.92. The third kappa shape index (κ3) is 5.99. The van der Waals surface area contributed by atoms with Gasteiger partial charge in [-0.25, -0.2) is 8.42 Å². The van der Waals surface area contributed by atoms with Crippen LogP contribution in [0, 0.1) is 34.6 Å². The standard InChI is InChI=1S/C26H28Cl2N2O3S/c1-16-6-9-24(18(3)10-16)29-25(31)15-30(14-21-7-8-22(27)23(28)13-21)34(32,33)26-19(4)11-17(2)12-20(26)5/h6-13H,14-15H2,1-5H3,(H,29,31). The van der Waals surface area contributed by atoms with Gasteiger partial charge in [-0.1, -0.05) is 64.7 Å². The highest BCUT2D eigenvalue weighted by atomic mass is 35.5. The first-order valence-electron chi connectivity index (χ1n) is 10.8. The molecule has 0 aliphatic heterocycles. The van der Waals surface area contributed by atoms with Crippen molar-refractivity contribution >= 4 is 44.8 Å². The van der Waals surface area contributed by atoms with E-state index in [1.54, 1.807) is 32.0 Å². The average Bonchev–Trinajstić information content (AvgIpc) is 2.71. The van der Waals surface area contributed by atoms with Crippen molar-refractivity contribution in [3.8, 4) is 0 Å². The zero-order valence-corrected chi connectivity index (χ0v) is 22.2. The van der Waals surface area contributed by atoms with Crippen LogP contribution in [0.5, 0.6) is 0 Å². The maximum Gasteiger partial charge on any atom is 0.244 e. The van der Waals surface area contributed by atoms with E-state index >= 15 is 0 Å². The molecule has 0 spiro atoms. The van der Waals surface area contributed by atoms with Crippen molar-refractivity contribution in [2.75, 3.05) is 11.9 Å². The van der Waals surface area contributed by atoms with Gasteiger partial charge in [-0.15, -0.1) is 0 Å². The van der Waals surface area contributed by atoms with Crippen LogP contribution in [0.1, 0.15) is 33.4 Å². The van der Waals surface area contributed by atoms with Crippen LogP contribution in [0.2, 0.25) is 10.0 Å². The second-order valence-corrected chi connectivity index (χ2v) is 11.3. The number of halogens is 2. The van der Waals surface area contributed by atoms with E-state index in [0.717, 1.165) is 16.7 Å². The molecule has 34 heavy (non-hydrogen) atoms. The van der Waals surface area contributed by atoms with Crippen LogP contribution in [0.4, 0.5) is 5.69 Å². The molecule has 1 N–H and O–H groups in total. The Bertz CT molecular complexity index is 1330. The first-order chi connectivity index (χ1) is 15.9. The topological polar surface area (TPSA) is 66.5 Å². The normalized spacial score (nSPS) is 11.6. The average molecular weight is 519 g/mol. The molecule has 0 saturated heterocycles. The number of anilines is 1. The number of carbonyl (C=O) groups excluding carboxylic acids is 1. The highest BCUT2D eigenvalue weighted by Gasteiger charge is 2.30. The largest absolute Gasteiger partial charge is 0.325 e. The summed E-state index contributed by atoms with van der Waals surface area (Å²) in [6.07, 6.45) is 0. The number of amides is 1. The lowest BCUT2D eigenvalue weighted by Gasteiger charge is -2.24. The Morgan fingerprint density at radius 3 is 2.03 bits per heavy atom. The van der Waals surface area contributed by atoms with E-state index in [1.807, 2.05) is 51.1 Å². The molecule has 180 valence electrons. The van der Waals surface area contributed by atoms with Crippen molar-refractivity contribution in [1.29, 1.82) is 0 Å². The number of aryl methyl sites for hydroxylation is 5. The van der Waals surface area contributed by atoms with Gasteiger partial charge in [0.1, 0.15) is 0 Å². The zero-order valence-electron chi connectivity index (χ0n) is 19.9. The molecule has 8 heteroatoms. The molecule has 0 heterocycles. The molecule has 3 aromatic rings. The SMILES string of the molecule is Cc1ccc(NC(=O)CN(Cc2ccc(Cl)c(Cl)c2)S(=O)(=O)c2c(C)cc(C)cc2C)c(C)c1. The van der Waals surface area contributed by atoms with Crippen LogP contribution < -0.4 is 5.32 Å². The molecular weight excluding hydrogens is 491 g/mol. The number of nitrogens with zero attached hydrogens (tertiary/aromatic N) is 1. The minimum Gasteiger partial charge on any atom is -0.325 e. The van der Waals surface area contributed by atoms with E-state index in [-0.39, 0.29) is 18.0 Å². The van der Waals surface area contributed by atoms with Crippen molar-refractivity contribution in [2.45, 2.75) is 46.1 Å². The fourth-order valence-corrected chi connectivity index (χ4v) is 6.19. The lowest BCUT2D eigenvalue weighted by molar-refractivity contribution is -0.116. The highest BCUT2D eigenvalue weighted by Crippen LogP contribution is 2.28. The minimum atomic E-state index is -4.01. The van der Waals surface area contributed by atoms with Gasteiger partial charge < -0.3 is 5.32 Å². The van der Waals surface area contributed by atoms with Gasteiger partial charge in [0.25, 0.3) is 0 Å². The maximum absolute atomic E-state index is 13.8. The Hall–Kier alpha value is -2.38. The number of benzene rings is 3. The third-order valence-corrected chi connectivity index (χ3v) is 8.36. The van der Waals surface area contributed by atoms with Gasteiger partial charge in [0, 0.05) is 12.2 Å². The lowest BCUT2D eigenvalue weighted by atomic mass is 10.1. The molecule has 0 unspecified atom stereocenters. The first kappa shape index (κ1) is 26.2. The number of nitrogens with one attached hydrogen (secondary N) is 1. The molecule has 3 aromatic carbocycles. The maximum atomic E-state index is 13.8. The summed E-state index contributed by atoms with van der Waals surface area (Å²) < 4.78 is 28.8. The summed E-state index contributed by atoms with van der Waals surface area (Å²) in [7, 11) is -4.01. The van der Waals surface area contributed by atoms with Crippen LogP contribution in [-0.2, 0) is 21.4 Å². The summed E-state index contributed by atoms with van der Waals surface area (Å²) in [5, 5.41) is 3.54. The van der Waals surface area contributed by atoms with Gasteiger partial charge in [-0.3, -0.25) is 4.79 Å². The fraction of sp³-hybridized carbons (Fsp3) is 0.269. The zero-order chi connectivity index (χ0) is 25.2. The number of sulfonamides is 1. The molecule has 3 rings (SSSR count). The predicted molar refractivity (Wildman–Crippen MR) is 139 cm³/mol. The summed E-state index contributed by atoms with van der Waals surface area (Å²) in [4.78, 5) is 13.2. The summed E-state index contributed by atoms with van der Waals surface area (Å²) in [6, 6.07) is 14.2. The predicted octanol–water partition coefficient (Wildman–Crippen LogP) is 6.37. The Balaban J connectivity index is 1.99. The Labute approximate surface area is 211 Å². The van der Waals surface area contributed by atoms with Crippen molar-refractivity contribution < 1.29 is 13.2 Å². The minimum absolute atomic E-state index is 0.0354. The van der Waals surface area contributed by atoms with Crippen LogP contribution in [0.3, 0.4) is 0 Å². The highest BCUT2D eigenvalue weighted by molar-refractivity contribution is 7.89. The van der Waals surface area contributed by atoms with Gasteiger partial charge in [-0.2, -0.15) is 4.31 Å². The number of carbonyl (C=O) groups is 1. The van der Waals surface area contributed by atoms with Crippen LogP contribution in [0.25, 0.3) is 0 Å². The molecule has 0 atom stereocenters. The molecule has 0 aliphatic carbocycles. The molecule has 5 nitrogen and oxygen atoms in total. The van der Waals surface area contributed by atoms with Crippen molar-refractivity contribution in [2.24, 2.45) is 0 Å². The number of hydrogen-bond donors (Lipinski definition) is 1. The molecule has 0 aliphatic rings. The molecule has 0 fully saturated rings. The smallest absolute Gasteiger partial charge is 0.244 e. The van der Waals surface area contributed by atoms with E-state index in [0.29, 0.717) is 32.4 Å². The first-order valence-corrected chi connectivity index (χ1v) is 13.0. The molecule has 1 amide bonds. The molecule has 0 radical (unpaired) electrons. The van der Waals surface area contributed by atoms with E-state index in [2.05, 4.69) is 5.32 Å². The number of rotatable bonds is 7. The quantitative estimate of drug-likeness (QED) is 0.395. The van der Waals surface area contributed by atoms with Crippen molar-refractivity contribution in [1.82, 2.24) is 4.31 Å². The van der Waals surface area contributed by atoms with E-state index in [9.17, 15) is 13.2 Å². The van der Waals surface area contributed by atoms with Gasteiger partial charge >= 0.3 is 0 Å². The van der Waals surface area contributed by atoms with Crippen LogP contribution in [-0.4, -0.2) is 25.2 Å². The summed E-state index contributed by atoms with van der Waals surface area (Å²) in [5.74, 6) is -0.432. The second-order valence-electron chi connectivity index (χ2n) is 8.62. The third-order valence-electron chi connectivity index (χ3n) is 5.52. The van der Waals surface area contributed by atoms with Crippen LogP contribution >= 0.6 is 23.2 Å². The Kier molecular flexibility index (Phi) is 8.09. The van der Waals surface area contributed by atoms with Gasteiger partial charge in [-0.05, 0) is 75.1 Å². The van der Waals surface area contributed by atoms with Crippen LogP contribution in [0.15, 0.2) is 53.4 Å². The lowest BCUT2D eigenvalue weighted by Crippen LogP contribution is -2.38. The summed E-state index contributed by atoms with van der Waals surface area (Å²) in [5.41, 5.74) is 5.47. The van der Waals surface area contributed by atoms with Gasteiger partial charge in [0.15, 0.2) is 0 Å². The molecule has 0 bridgehead atoms. The Morgan fingerprint density at radius 2 is 1.44 bits per heavy atom. The monoisotopic (exact) mass is 518 g/mol. The fourth-order valence-electron chi connectivity index (χ4n) is 4.07. The summed E-state index contributed by atoms with van der Waals surface area (Å²) >= 11 is 12.2. The van der Waals surface area contributed by atoms with Crippen molar-refractivity contribution in [3.63, 3.8) is 0 Å². The van der Waals surface area contributed by atoms with Gasteiger partial charge in [0.05, 0.1) is 21.5 Å². The van der Waals surface area contributed by atoms with E-state index in [1.165, 1.54) is 4.31 Å². The van der Waals surface area contributed by atoms with Gasteiger partial charge in [0.2, 0.25) is 15.9 Å². The molecule has 0 saturated carbocycles. The second kappa shape index (κ2) is 10.5. The van der Waals surface area contributed by atoms with E-state index < -0.39 is 15.9 Å². The number of hydrogen-bond acceptors (Lipinski definition) is 3. The molecule has 0 aromatic heterocycles.